The van der Waals surface area contributed by atoms with Gasteiger partial charge < -0.3 is 5.32 Å². The minimum Gasteiger partial charge on any atom is -0.311 e. The molecular weight excluding hydrogens is 238 g/mol. The Morgan fingerprint density at radius 3 is 2.79 bits per heavy atom. The highest BCUT2D eigenvalue weighted by Gasteiger charge is 2.24. The molecule has 1 aromatic heterocycles. The number of rotatable bonds is 4. The maximum atomic E-state index is 4.34. The minimum atomic E-state index is 0.188. The van der Waals surface area contributed by atoms with Crippen LogP contribution in [0.5, 0.6) is 0 Å². The van der Waals surface area contributed by atoms with E-state index in [1.54, 1.807) is 6.33 Å². The SMILES string of the molecule is Cn1ncnc1CN1CCCCC1CNC(C)(C)C. The van der Waals surface area contributed by atoms with Gasteiger partial charge in [-0.3, -0.25) is 9.58 Å². The van der Waals surface area contributed by atoms with E-state index in [9.17, 15) is 0 Å². The zero-order valence-electron chi connectivity index (χ0n) is 12.7. The lowest BCUT2D eigenvalue weighted by Crippen LogP contribution is -2.49. The van der Waals surface area contributed by atoms with E-state index in [0.717, 1.165) is 18.9 Å². The molecule has 1 N–H and O–H groups in total. The second-order valence-electron chi connectivity index (χ2n) is 6.55. The third-order valence-electron chi connectivity index (χ3n) is 3.77. The van der Waals surface area contributed by atoms with Gasteiger partial charge in [-0.15, -0.1) is 0 Å². The molecule has 0 radical (unpaired) electrons. The Morgan fingerprint density at radius 2 is 2.16 bits per heavy atom. The summed E-state index contributed by atoms with van der Waals surface area (Å²) in [5.74, 6) is 1.06. The zero-order valence-corrected chi connectivity index (χ0v) is 12.7. The molecule has 5 nitrogen and oxygen atoms in total. The van der Waals surface area contributed by atoms with Gasteiger partial charge in [0.25, 0.3) is 0 Å². The Morgan fingerprint density at radius 1 is 1.37 bits per heavy atom. The van der Waals surface area contributed by atoms with Crippen molar-refractivity contribution in [2.24, 2.45) is 7.05 Å². The number of aryl methyl sites for hydroxylation is 1. The molecule has 1 saturated heterocycles. The summed E-state index contributed by atoms with van der Waals surface area (Å²) in [6.07, 6.45) is 5.55. The summed E-state index contributed by atoms with van der Waals surface area (Å²) in [5, 5.41) is 7.79. The van der Waals surface area contributed by atoms with E-state index in [0.29, 0.717) is 6.04 Å². The summed E-state index contributed by atoms with van der Waals surface area (Å²) in [4.78, 5) is 6.89. The van der Waals surface area contributed by atoms with E-state index in [4.69, 9.17) is 0 Å². The van der Waals surface area contributed by atoms with Crippen LogP contribution in [-0.2, 0) is 13.6 Å². The summed E-state index contributed by atoms with van der Waals surface area (Å²) in [6, 6.07) is 0.615. The van der Waals surface area contributed by atoms with Gasteiger partial charge in [-0.25, -0.2) is 4.98 Å². The van der Waals surface area contributed by atoms with Crippen LogP contribution in [0.4, 0.5) is 0 Å². The van der Waals surface area contributed by atoms with Crippen molar-refractivity contribution in [3.63, 3.8) is 0 Å². The quantitative estimate of drug-likeness (QED) is 0.897. The van der Waals surface area contributed by atoms with E-state index in [2.05, 4.69) is 41.1 Å². The highest BCUT2D eigenvalue weighted by atomic mass is 15.3. The molecule has 1 aliphatic heterocycles. The van der Waals surface area contributed by atoms with Crippen LogP contribution in [0.15, 0.2) is 6.33 Å². The first-order valence-corrected chi connectivity index (χ1v) is 7.28. The van der Waals surface area contributed by atoms with Crippen molar-refractivity contribution in [1.29, 1.82) is 0 Å². The van der Waals surface area contributed by atoms with Crippen LogP contribution in [0.25, 0.3) is 0 Å². The van der Waals surface area contributed by atoms with Gasteiger partial charge in [0.1, 0.15) is 12.2 Å². The molecule has 0 spiro atoms. The molecule has 2 heterocycles. The molecule has 2 rings (SSSR count). The normalized spacial score (nSPS) is 21.8. The van der Waals surface area contributed by atoms with Crippen LogP contribution in [0.3, 0.4) is 0 Å². The first-order valence-electron chi connectivity index (χ1n) is 7.28. The van der Waals surface area contributed by atoms with Crippen molar-refractivity contribution in [3.05, 3.63) is 12.2 Å². The van der Waals surface area contributed by atoms with Gasteiger partial charge in [-0.2, -0.15) is 5.10 Å². The summed E-state index contributed by atoms with van der Waals surface area (Å²) < 4.78 is 1.88. The number of aromatic nitrogens is 3. The van der Waals surface area contributed by atoms with Crippen molar-refractivity contribution in [2.45, 2.75) is 58.2 Å². The van der Waals surface area contributed by atoms with Crippen molar-refractivity contribution in [1.82, 2.24) is 25.0 Å². The molecule has 1 atom stereocenters. The maximum Gasteiger partial charge on any atom is 0.140 e. The molecule has 5 heteroatoms. The van der Waals surface area contributed by atoms with Crippen molar-refractivity contribution in [3.8, 4) is 0 Å². The number of piperidine rings is 1. The van der Waals surface area contributed by atoms with Crippen LogP contribution >= 0.6 is 0 Å². The number of likely N-dealkylation sites (tertiary alicyclic amines) is 1. The number of hydrogen-bond acceptors (Lipinski definition) is 4. The van der Waals surface area contributed by atoms with Crippen LogP contribution < -0.4 is 5.32 Å². The van der Waals surface area contributed by atoms with Crippen LogP contribution in [0.2, 0.25) is 0 Å². The molecule has 0 aliphatic carbocycles. The fourth-order valence-corrected chi connectivity index (χ4v) is 2.57. The summed E-state index contributed by atoms with van der Waals surface area (Å²) in [5.41, 5.74) is 0.188. The second kappa shape index (κ2) is 6.01. The predicted molar refractivity (Wildman–Crippen MR) is 76.8 cm³/mol. The Bertz CT molecular complexity index is 393. The van der Waals surface area contributed by atoms with Crippen LogP contribution in [-0.4, -0.2) is 44.3 Å². The highest BCUT2D eigenvalue weighted by molar-refractivity contribution is 4.89. The van der Waals surface area contributed by atoms with Crippen LogP contribution in [0, 0.1) is 0 Å². The van der Waals surface area contributed by atoms with E-state index < -0.39 is 0 Å². The molecule has 19 heavy (non-hydrogen) atoms. The smallest absolute Gasteiger partial charge is 0.140 e. The molecule has 0 aromatic carbocycles. The monoisotopic (exact) mass is 265 g/mol. The lowest BCUT2D eigenvalue weighted by molar-refractivity contribution is 0.126. The van der Waals surface area contributed by atoms with E-state index in [1.165, 1.54) is 25.8 Å². The molecular formula is C14H27N5. The van der Waals surface area contributed by atoms with Gasteiger partial charge in [0.2, 0.25) is 0 Å². The number of nitrogens with zero attached hydrogens (tertiary/aromatic N) is 4. The van der Waals surface area contributed by atoms with Gasteiger partial charge in [-0.1, -0.05) is 6.42 Å². The standard InChI is InChI=1S/C14H27N5/c1-14(2,3)16-9-12-7-5-6-8-19(12)10-13-15-11-17-18(13)4/h11-12,16H,5-10H2,1-4H3. The number of nitrogens with one attached hydrogen (secondary N) is 1. The van der Waals surface area contributed by atoms with Gasteiger partial charge in [-0.05, 0) is 40.2 Å². The minimum absolute atomic E-state index is 0.188. The molecule has 1 aromatic rings. The lowest BCUT2D eigenvalue weighted by atomic mass is 10.0. The third-order valence-corrected chi connectivity index (χ3v) is 3.77. The molecule has 108 valence electrons. The maximum absolute atomic E-state index is 4.34. The predicted octanol–water partition coefficient (Wildman–Crippen LogP) is 1.56. The Labute approximate surface area is 116 Å². The average molecular weight is 265 g/mol. The van der Waals surface area contributed by atoms with Crippen molar-refractivity contribution >= 4 is 0 Å². The van der Waals surface area contributed by atoms with E-state index in [-0.39, 0.29) is 5.54 Å². The zero-order chi connectivity index (χ0) is 13.9. The molecule has 0 saturated carbocycles. The Hall–Kier alpha value is -0.940. The van der Waals surface area contributed by atoms with E-state index in [1.807, 2.05) is 11.7 Å². The van der Waals surface area contributed by atoms with Gasteiger partial charge in [0.15, 0.2) is 0 Å². The largest absolute Gasteiger partial charge is 0.311 e. The molecule has 1 aliphatic rings. The Balaban J connectivity index is 1.94. The van der Waals surface area contributed by atoms with Gasteiger partial charge in [0, 0.05) is 25.2 Å². The van der Waals surface area contributed by atoms with Crippen LogP contribution in [0.1, 0.15) is 45.9 Å². The topological polar surface area (TPSA) is 46.0 Å². The summed E-state index contributed by atoms with van der Waals surface area (Å²) in [7, 11) is 1.97. The first kappa shape index (κ1) is 14.5. The molecule has 1 fully saturated rings. The average Bonchev–Trinajstić information content (AvgIpc) is 2.73. The molecule has 0 amide bonds. The third kappa shape index (κ3) is 4.28. The fourth-order valence-electron chi connectivity index (χ4n) is 2.57. The van der Waals surface area contributed by atoms with Crippen molar-refractivity contribution < 1.29 is 0 Å². The highest BCUT2D eigenvalue weighted by Crippen LogP contribution is 2.19. The fraction of sp³-hybridized carbons (Fsp3) is 0.857. The Kier molecular flexibility index (Phi) is 4.58. The number of hydrogen-bond donors (Lipinski definition) is 1. The summed E-state index contributed by atoms with van der Waals surface area (Å²) in [6.45, 7) is 9.81. The van der Waals surface area contributed by atoms with Gasteiger partial charge in [0.05, 0.1) is 6.54 Å². The lowest BCUT2D eigenvalue weighted by Gasteiger charge is -2.37. The van der Waals surface area contributed by atoms with Crippen molar-refractivity contribution in [2.75, 3.05) is 13.1 Å². The van der Waals surface area contributed by atoms with E-state index >= 15 is 0 Å². The van der Waals surface area contributed by atoms with Gasteiger partial charge >= 0.3 is 0 Å². The second-order valence-corrected chi connectivity index (χ2v) is 6.55. The first-order chi connectivity index (χ1) is 8.96. The summed E-state index contributed by atoms with van der Waals surface area (Å²) >= 11 is 0. The molecule has 0 bridgehead atoms. The molecule has 1 unspecified atom stereocenters.